The van der Waals surface area contributed by atoms with Crippen molar-refractivity contribution in [3.8, 4) is 0 Å². The minimum atomic E-state index is 0.237. The van der Waals surface area contributed by atoms with Crippen LogP contribution < -0.4 is 5.32 Å². The van der Waals surface area contributed by atoms with Gasteiger partial charge in [0.2, 0.25) is 5.91 Å². The highest BCUT2D eigenvalue weighted by atomic mass is 16.2. The summed E-state index contributed by atoms with van der Waals surface area (Å²) in [5.74, 6) is 0.237. The van der Waals surface area contributed by atoms with Crippen molar-refractivity contribution in [1.29, 1.82) is 0 Å². The number of hydrogen-bond acceptors (Lipinski definition) is 2. The van der Waals surface area contributed by atoms with Gasteiger partial charge in [-0.05, 0) is 25.8 Å². The van der Waals surface area contributed by atoms with E-state index in [0.717, 1.165) is 13.0 Å². The van der Waals surface area contributed by atoms with E-state index in [2.05, 4.69) is 5.32 Å². The Morgan fingerprint density at radius 3 is 2.53 bits per heavy atom. The Hall–Kier alpha value is -0.570. The summed E-state index contributed by atoms with van der Waals surface area (Å²) in [5.41, 5.74) is 0. The quantitative estimate of drug-likeness (QED) is 0.705. The van der Waals surface area contributed by atoms with Gasteiger partial charge >= 0.3 is 0 Å². The topological polar surface area (TPSA) is 32.3 Å². The third-order valence-electron chi connectivity index (χ3n) is 3.10. The molecule has 0 radical (unpaired) electrons. The van der Waals surface area contributed by atoms with Crippen LogP contribution >= 0.6 is 0 Å². The maximum Gasteiger partial charge on any atom is 0.222 e. The lowest BCUT2D eigenvalue weighted by Crippen LogP contribution is -2.32. The molecule has 0 aromatic carbocycles. The van der Waals surface area contributed by atoms with Crippen LogP contribution in [0, 0.1) is 0 Å². The van der Waals surface area contributed by atoms with Gasteiger partial charge in [-0.2, -0.15) is 0 Å². The Kier molecular flexibility index (Phi) is 5.69. The standard InChI is InChI=1S/C12H24N2O/c1-14(2)12(15)9-6-10-13-11-7-4-3-5-8-11/h11,13H,3-10H2,1-2H3. The Morgan fingerprint density at radius 1 is 1.27 bits per heavy atom. The molecule has 1 rings (SSSR count). The summed E-state index contributed by atoms with van der Waals surface area (Å²) in [6.45, 7) is 0.990. The van der Waals surface area contributed by atoms with Gasteiger partial charge in [0.15, 0.2) is 0 Å². The van der Waals surface area contributed by atoms with Crippen LogP contribution in [0.15, 0.2) is 0 Å². The van der Waals surface area contributed by atoms with Crippen LogP contribution in [0.1, 0.15) is 44.9 Å². The summed E-state index contributed by atoms with van der Waals surface area (Å²) in [6.07, 6.45) is 8.42. The summed E-state index contributed by atoms with van der Waals surface area (Å²) in [5, 5.41) is 3.55. The zero-order valence-corrected chi connectivity index (χ0v) is 10.1. The second-order valence-corrected chi connectivity index (χ2v) is 4.68. The third kappa shape index (κ3) is 5.17. The molecule has 0 aromatic rings. The number of hydrogen-bond donors (Lipinski definition) is 1. The zero-order chi connectivity index (χ0) is 11.1. The number of carbonyl (C=O) groups excluding carboxylic acids is 1. The summed E-state index contributed by atoms with van der Waals surface area (Å²) in [6, 6.07) is 0.716. The molecule has 1 saturated carbocycles. The molecule has 1 aliphatic rings. The van der Waals surface area contributed by atoms with Crippen molar-refractivity contribution in [1.82, 2.24) is 10.2 Å². The normalized spacial score (nSPS) is 17.7. The Balaban J connectivity index is 1.98. The van der Waals surface area contributed by atoms with Crippen LogP contribution in [0.5, 0.6) is 0 Å². The number of nitrogens with zero attached hydrogens (tertiary/aromatic N) is 1. The van der Waals surface area contributed by atoms with E-state index in [0.29, 0.717) is 12.5 Å². The lowest BCUT2D eigenvalue weighted by Gasteiger charge is -2.22. The first kappa shape index (κ1) is 12.5. The molecule has 0 heterocycles. The lowest BCUT2D eigenvalue weighted by molar-refractivity contribution is -0.128. The molecule has 1 aliphatic carbocycles. The smallest absolute Gasteiger partial charge is 0.222 e. The Morgan fingerprint density at radius 2 is 1.93 bits per heavy atom. The van der Waals surface area contributed by atoms with Crippen LogP contribution in [0.4, 0.5) is 0 Å². The third-order valence-corrected chi connectivity index (χ3v) is 3.10. The van der Waals surface area contributed by atoms with Gasteiger partial charge in [0.1, 0.15) is 0 Å². The average molecular weight is 212 g/mol. The van der Waals surface area contributed by atoms with Crippen molar-refractivity contribution in [3.63, 3.8) is 0 Å². The van der Waals surface area contributed by atoms with E-state index >= 15 is 0 Å². The van der Waals surface area contributed by atoms with E-state index in [1.165, 1.54) is 32.1 Å². The molecule has 3 heteroatoms. The fourth-order valence-electron chi connectivity index (χ4n) is 2.08. The predicted octanol–water partition coefficient (Wildman–Crippen LogP) is 1.78. The van der Waals surface area contributed by atoms with E-state index < -0.39 is 0 Å². The Labute approximate surface area is 93.2 Å². The highest BCUT2D eigenvalue weighted by Crippen LogP contribution is 2.17. The highest BCUT2D eigenvalue weighted by Gasteiger charge is 2.12. The van der Waals surface area contributed by atoms with Crippen LogP contribution in [-0.2, 0) is 4.79 Å². The van der Waals surface area contributed by atoms with Gasteiger partial charge in [-0.3, -0.25) is 4.79 Å². The van der Waals surface area contributed by atoms with Crippen molar-refractivity contribution >= 4 is 5.91 Å². The van der Waals surface area contributed by atoms with Gasteiger partial charge in [0.25, 0.3) is 0 Å². The second-order valence-electron chi connectivity index (χ2n) is 4.68. The van der Waals surface area contributed by atoms with Gasteiger partial charge < -0.3 is 10.2 Å². The molecule has 15 heavy (non-hydrogen) atoms. The summed E-state index contributed by atoms with van der Waals surface area (Å²) in [4.78, 5) is 13.0. The molecule has 1 amide bonds. The first-order chi connectivity index (χ1) is 7.20. The van der Waals surface area contributed by atoms with Gasteiger partial charge in [-0.25, -0.2) is 0 Å². The predicted molar refractivity (Wildman–Crippen MR) is 62.8 cm³/mol. The summed E-state index contributed by atoms with van der Waals surface area (Å²) in [7, 11) is 3.63. The maximum atomic E-state index is 11.3. The largest absolute Gasteiger partial charge is 0.349 e. The fourth-order valence-corrected chi connectivity index (χ4v) is 2.08. The molecule has 0 spiro atoms. The fraction of sp³-hybridized carbons (Fsp3) is 0.917. The Bertz CT molecular complexity index is 186. The molecule has 1 N–H and O–H groups in total. The maximum absolute atomic E-state index is 11.3. The van der Waals surface area contributed by atoms with Gasteiger partial charge in [0, 0.05) is 26.6 Å². The first-order valence-corrected chi connectivity index (χ1v) is 6.13. The van der Waals surface area contributed by atoms with Crippen molar-refractivity contribution < 1.29 is 4.79 Å². The average Bonchev–Trinajstić information content (AvgIpc) is 2.25. The summed E-state index contributed by atoms with van der Waals surface area (Å²) >= 11 is 0. The molecule has 0 atom stereocenters. The van der Waals surface area contributed by atoms with E-state index in [1.54, 1.807) is 4.90 Å². The number of carbonyl (C=O) groups is 1. The molecule has 0 saturated heterocycles. The van der Waals surface area contributed by atoms with Gasteiger partial charge in [-0.15, -0.1) is 0 Å². The number of rotatable bonds is 5. The number of amides is 1. The van der Waals surface area contributed by atoms with Gasteiger partial charge in [-0.1, -0.05) is 19.3 Å². The van der Waals surface area contributed by atoms with Crippen LogP contribution in [0.2, 0.25) is 0 Å². The lowest BCUT2D eigenvalue weighted by atomic mass is 9.95. The van der Waals surface area contributed by atoms with E-state index in [-0.39, 0.29) is 5.91 Å². The first-order valence-electron chi connectivity index (χ1n) is 6.13. The molecule has 0 bridgehead atoms. The zero-order valence-electron chi connectivity index (χ0n) is 10.1. The van der Waals surface area contributed by atoms with Crippen molar-refractivity contribution in [2.24, 2.45) is 0 Å². The van der Waals surface area contributed by atoms with E-state index in [1.807, 2.05) is 14.1 Å². The molecule has 0 aliphatic heterocycles. The van der Waals surface area contributed by atoms with Gasteiger partial charge in [0.05, 0.1) is 0 Å². The van der Waals surface area contributed by atoms with E-state index in [9.17, 15) is 4.79 Å². The minimum absolute atomic E-state index is 0.237. The monoisotopic (exact) mass is 212 g/mol. The minimum Gasteiger partial charge on any atom is -0.349 e. The molecule has 1 fully saturated rings. The summed E-state index contributed by atoms with van der Waals surface area (Å²) < 4.78 is 0. The van der Waals surface area contributed by atoms with Crippen LogP contribution in [-0.4, -0.2) is 37.5 Å². The van der Waals surface area contributed by atoms with Crippen LogP contribution in [0.25, 0.3) is 0 Å². The molecular formula is C12H24N2O. The molecular weight excluding hydrogens is 188 g/mol. The molecule has 0 aromatic heterocycles. The van der Waals surface area contributed by atoms with Crippen molar-refractivity contribution in [3.05, 3.63) is 0 Å². The molecule has 3 nitrogen and oxygen atoms in total. The molecule has 0 unspecified atom stereocenters. The van der Waals surface area contributed by atoms with Crippen molar-refractivity contribution in [2.45, 2.75) is 51.0 Å². The SMILES string of the molecule is CN(C)C(=O)CCCNC1CCCCC1. The second kappa shape index (κ2) is 6.83. The van der Waals surface area contributed by atoms with E-state index in [4.69, 9.17) is 0 Å². The van der Waals surface area contributed by atoms with Crippen LogP contribution in [0.3, 0.4) is 0 Å². The number of nitrogens with one attached hydrogen (secondary N) is 1. The molecule has 88 valence electrons. The highest BCUT2D eigenvalue weighted by molar-refractivity contribution is 5.75. The van der Waals surface area contributed by atoms with Crippen molar-refractivity contribution in [2.75, 3.05) is 20.6 Å².